The van der Waals surface area contributed by atoms with Crippen LogP contribution in [0.3, 0.4) is 0 Å². The van der Waals surface area contributed by atoms with Gasteiger partial charge in [0.2, 0.25) is 6.23 Å². The SMILES string of the molecule is CC(C)(C)C(OC(=O)Cl)C(Oc1ccc(N=[N+]=[N-])cc1)n1cncn1. The van der Waals surface area contributed by atoms with Crippen LogP contribution in [0.4, 0.5) is 10.5 Å². The Bertz CT molecular complexity index is 751. The number of carbonyl (C=O) groups is 1. The Balaban J connectivity index is 2.35. The molecular weight excluding hydrogens is 348 g/mol. The summed E-state index contributed by atoms with van der Waals surface area (Å²) in [6.07, 6.45) is 1.27. The minimum absolute atomic E-state index is 0.451. The van der Waals surface area contributed by atoms with Gasteiger partial charge >= 0.3 is 5.43 Å². The van der Waals surface area contributed by atoms with E-state index in [1.807, 2.05) is 20.8 Å². The maximum Gasteiger partial charge on any atom is 0.404 e. The number of hydrogen-bond donors (Lipinski definition) is 0. The van der Waals surface area contributed by atoms with Crippen LogP contribution in [0.1, 0.15) is 27.0 Å². The minimum atomic E-state index is -0.938. The second-order valence-electron chi connectivity index (χ2n) is 6.21. The van der Waals surface area contributed by atoms with Crippen LogP contribution in [-0.4, -0.2) is 26.3 Å². The first-order valence-electron chi connectivity index (χ1n) is 7.33. The van der Waals surface area contributed by atoms with Crippen molar-refractivity contribution in [2.45, 2.75) is 33.1 Å². The van der Waals surface area contributed by atoms with E-state index in [4.69, 9.17) is 26.6 Å². The molecule has 0 saturated carbocycles. The molecule has 0 saturated heterocycles. The second-order valence-corrected chi connectivity index (χ2v) is 6.52. The van der Waals surface area contributed by atoms with E-state index in [1.165, 1.54) is 17.3 Å². The maximum absolute atomic E-state index is 11.3. The van der Waals surface area contributed by atoms with Crippen LogP contribution in [-0.2, 0) is 4.74 Å². The van der Waals surface area contributed by atoms with E-state index in [2.05, 4.69) is 20.1 Å². The highest BCUT2D eigenvalue weighted by Gasteiger charge is 2.39. The number of rotatable bonds is 6. The second kappa shape index (κ2) is 7.87. The molecule has 0 aliphatic carbocycles. The Morgan fingerprint density at radius 1 is 1.36 bits per heavy atom. The lowest BCUT2D eigenvalue weighted by Gasteiger charge is -2.35. The van der Waals surface area contributed by atoms with Crippen molar-refractivity contribution in [1.82, 2.24) is 14.8 Å². The molecule has 2 unspecified atom stereocenters. The topological polar surface area (TPSA) is 115 Å². The molecule has 25 heavy (non-hydrogen) atoms. The van der Waals surface area contributed by atoms with Crippen molar-refractivity contribution in [2.75, 3.05) is 0 Å². The highest BCUT2D eigenvalue weighted by molar-refractivity contribution is 6.61. The van der Waals surface area contributed by atoms with Crippen molar-refractivity contribution in [3.63, 3.8) is 0 Å². The standard InChI is InChI=1S/C15H17ClN6O3/c1-15(2,3)12(25-14(16)23)13(22-9-18-8-19-22)24-11-6-4-10(5-7-11)20-21-17/h4-9,12-13H,1-3H3. The number of hydrogen-bond acceptors (Lipinski definition) is 6. The summed E-state index contributed by atoms with van der Waals surface area (Å²) < 4.78 is 12.7. The number of ether oxygens (including phenoxy) is 2. The third-order valence-electron chi connectivity index (χ3n) is 3.28. The molecule has 1 aromatic carbocycles. The number of benzene rings is 1. The van der Waals surface area contributed by atoms with Crippen LogP contribution in [0, 0.1) is 5.41 Å². The van der Waals surface area contributed by atoms with Gasteiger partial charge in [0.25, 0.3) is 0 Å². The predicted octanol–water partition coefficient (Wildman–Crippen LogP) is 4.59. The summed E-state index contributed by atoms with van der Waals surface area (Å²) in [5.41, 5.74) is 7.47. The summed E-state index contributed by atoms with van der Waals surface area (Å²) in [4.78, 5) is 18.0. The minimum Gasteiger partial charge on any atom is -0.465 e. The van der Waals surface area contributed by atoms with Crippen LogP contribution < -0.4 is 4.74 Å². The number of aromatic nitrogens is 3. The summed E-state index contributed by atoms with van der Waals surface area (Å²) >= 11 is 5.43. The monoisotopic (exact) mass is 364 g/mol. The number of halogens is 1. The van der Waals surface area contributed by atoms with E-state index in [-0.39, 0.29) is 0 Å². The molecule has 9 nitrogen and oxygen atoms in total. The maximum atomic E-state index is 11.3. The summed E-state index contributed by atoms with van der Waals surface area (Å²) in [6, 6.07) is 6.48. The molecule has 0 aliphatic heterocycles. The summed E-state index contributed by atoms with van der Waals surface area (Å²) in [5, 5.41) is 7.58. The van der Waals surface area contributed by atoms with Crippen LogP contribution in [0.5, 0.6) is 5.75 Å². The molecule has 2 atom stereocenters. The average molecular weight is 365 g/mol. The van der Waals surface area contributed by atoms with Gasteiger partial charge in [-0.05, 0) is 29.8 Å². The van der Waals surface area contributed by atoms with Crippen molar-refractivity contribution in [3.8, 4) is 5.75 Å². The Morgan fingerprint density at radius 3 is 2.52 bits per heavy atom. The molecule has 2 rings (SSSR count). The lowest BCUT2D eigenvalue weighted by molar-refractivity contribution is -0.0729. The van der Waals surface area contributed by atoms with Crippen molar-refractivity contribution in [1.29, 1.82) is 0 Å². The van der Waals surface area contributed by atoms with Gasteiger partial charge < -0.3 is 9.47 Å². The smallest absolute Gasteiger partial charge is 0.404 e. The summed E-state index contributed by atoms with van der Waals surface area (Å²) in [6.45, 7) is 5.65. The molecule has 0 N–H and O–H groups in total. The first-order valence-corrected chi connectivity index (χ1v) is 7.71. The molecule has 0 radical (unpaired) electrons. The lowest BCUT2D eigenvalue weighted by Crippen LogP contribution is -2.41. The van der Waals surface area contributed by atoms with Gasteiger partial charge in [-0.15, -0.1) is 0 Å². The molecule has 0 bridgehead atoms. The quantitative estimate of drug-likeness (QED) is 0.322. The van der Waals surface area contributed by atoms with E-state index in [0.29, 0.717) is 11.4 Å². The first kappa shape index (κ1) is 18.6. The van der Waals surface area contributed by atoms with E-state index in [0.717, 1.165) is 0 Å². The van der Waals surface area contributed by atoms with Crippen LogP contribution >= 0.6 is 11.6 Å². The third-order valence-corrected chi connectivity index (χ3v) is 3.37. The van der Waals surface area contributed by atoms with E-state index in [9.17, 15) is 4.79 Å². The van der Waals surface area contributed by atoms with E-state index >= 15 is 0 Å². The molecule has 0 aliphatic rings. The Hall–Kier alpha value is -2.77. The van der Waals surface area contributed by atoms with Crippen LogP contribution in [0.25, 0.3) is 10.4 Å². The van der Waals surface area contributed by atoms with Gasteiger partial charge in [0.05, 0.1) is 0 Å². The summed E-state index contributed by atoms with van der Waals surface area (Å²) in [5.74, 6) is 0.470. The van der Waals surface area contributed by atoms with E-state index in [1.54, 1.807) is 24.3 Å². The van der Waals surface area contributed by atoms with Gasteiger partial charge in [-0.3, -0.25) is 0 Å². The van der Waals surface area contributed by atoms with Gasteiger partial charge in [0.1, 0.15) is 18.4 Å². The zero-order valence-electron chi connectivity index (χ0n) is 13.9. The Morgan fingerprint density at radius 2 is 2.04 bits per heavy atom. The van der Waals surface area contributed by atoms with Gasteiger partial charge in [0, 0.05) is 27.6 Å². The van der Waals surface area contributed by atoms with Gasteiger partial charge in [-0.1, -0.05) is 25.9 Å². The molecular formula is C15H17ClN6O3. The zero-order valence-corrected chi connectivity index (χ0v) is 14.7. The normalized spacial score (nSPS) is 13.4. The van der Waals surface area contributed by atoms with Crippen LogP contribution in [0.2, 0.25) is 0 Å². The van der Waals surface area contributed by atoms with Crippen LogP contribution in [0.15, 0.2) is 42.0 Å². The molecule has 10 heteroatoms. The molecule has 1 heterocycles. The number of nitrogens with zero attached hydrogens (tertiary/aromatic N) is 6. The summed E-state index contributed by atoms with van der Waals surface area (Å²) in [7, 11) is 0. The predicted molar refractivity (Wildman–Crippen MR) is 90.5 cm³/mol. The Kier molecular flexibility index (Phi) is 5.84. The van der Waals surface area contributed by atoms with Gasteiger partial charge in [-0.25, -0.2) is 14.5 Å². The molecule has 0 amide bonds. The number of carbonyl (C=O) groups excluding carboxylic acids is 1. The molecule has 1 aromatic heterocycles. The Labute approximate surface area is 149 Å². The molecule has 0 spiro atoms. The first-order chi connectivity index (χ1) is 11.8. The fourth-order valence-corrected chi connectivity index (χ4v) is 2.24. The van der Waals surface area contributed by atoms with Crippen molar-refractivity contribution < 1.29 is 14.3 Å². The highest BCUT2D eigenvalue weighted by Crippen LogP contribution is 2.33. The number of azide groups is 1. The van der Waals surface area contributed by atoms with Crippen molar-refractivity contribution >= 4 is 22.7 Å². The molecule has 0 fully saturated rings. The third kappa shape index (κ3) is 5.10. The lowest BCUT2D eigenvalue weighted by atomic mass is 9.88. The fraction of sp³-hybridized carbons (Fsp3) is 0.400. The fourth-order valence-electron chi connectivity index (χ4n) is 2.15. The van der Waals surface area contributed by atoms with Gasteiger partial charge in [-0.2, -0.15) is 5.10 Å². The molecule has 2 aromatic rings. The largest absolute Gasteiger partial charge is 0.465 e. The van der Waals surface area contributed by atoms with Crippen molar-refractivity contribution in [2.24, 2.45) is 10.5 Å². The van der Waals surface area contributed by atoms with Gasteiger partial charge in [0.15, 0.2) is 6.10 Å². The van der Waals surface area contributed by atoms with Crippen molar-refractivity contribution in [3.05, 3.63) is 47.4 Å². The molecule has 132 valence electrons. The average Bonchev–Trinajstić information content (AvgIpc) is 3.05. The highest BCUT2D eigenvalue weighted by atomic mass is 35.5. The van der Waals surface area contributed by atoms with E-state index < -0.39 is 23.2 Å². The zero-order chi connectivity index (χ0) is 18.4.